The van der Waals surface area contributed by atoms with Crippen LogP contribution in [-0.2, 0) is 12.8 Å². The largest absolute Gasteiger partial charge is 0.324 e. The van der Waals surface area contributed by atoms with Crippen molar-refractivity contribution in [2.45, 2.75) is 58.4 Å². The number of hydrogen-bond acceptors (Lipinski definition) is 1. The summed E-state index contributed by atoms with van der Waals surface area (Å²) in [5.41, 5.74) is 10.7. The molecule has 2 atom stereocenters. The van der Waals surface area contributed by atoms with Crippen molar-refractivity contribution in [2.75, 3.05) is 0 Å². The van der Waals surface area contributed by atoms with Crippen LogP contribution in [0.25, 0.3) is 0 Å². The van der Waals surface area contributed by atoms with E-state index in [4.69, 9.17) is 5.73 Å². The molecule has 0 spiro atoms. The first-order valence-electron chi connectivity index (χ1n) is 7.08. The van der Waals surface area contributed by atoms with Gasteiger partial charge in [0.05, 0.1) is 0 Å². The highest BCUT2D eigenvalue weighted by molar-refractivity contribution is 5.36. The molecule has 1 aromatic carbocycles. The van der Waals surface area contributed by atoms with Crippen molar-refractivity contribution in [3.8, 4) is 0 Å². The van der Waals surface area contributed by atoms with E-state index in [0.29, 0.717) is 0 Å². The van der Waals surface area contributed by atoms with E-state index in [-0.39, 0.29) is 6.04 Å². The summed E-state index contributed by atoms with van der Waals surface area (Å²) >= 11 is 0. The van der Waals surface area contributed by atoms with Crippen LogP contribution in [0.1, 0.15) is 62.3 Å². The van der Waals surface area contributed by atoms with Crippen molar-refractivity contribution in [2.24, 2.45) is 11.7 Å². The first-order valence-corrected chi connectivity index (χ1v) is 7.08. The molecule has 1 aliphatic carbocycles. The van der Waals surface area contributed by atoms with Crippen LogP contribution >= 0.6 is 0 Å². The second-order valence-corrected chi connectivity index (χ2v) is 5.62. The summed E-state index contributed by atoms with van der Waals surface area (Å²) in [4.78, 5) is 0. The van der Waals surface area contributed by atoms with Gasteiger partial charge in [0.15, 0.2) is 0 Å². The standard InChI is InChI=1S/C16H25N/c1-3-5-12(2)10-16(17)15-9-8-13-6-4-7-14(13)11-15/h8-9,11-12,16H,3-7,10,17H2,1-2H3. The van der Waals surface area contributed by atoms with E-state index in [1.165, 1.54) is 37.7 Å². The van der Waals surface area contributed by atoms with Gasteiger partial charge in [-0.15, -0.1) is 0 Å². The Morgan fingerprint density at radius 3 is 2.76 bits per heavy atom. The molecular weight excluding hydrogens is 206 g/mol. The maximum atomic E-state index is 6.32. The van der Waals surface area contributed by atoms with Crippen molar-refractivity contribution >= 4 is 0 Å². The number of nitrogens with two attached hydrogens (primary N) is 1. The third-order valence-corrected chi connectivity index (χ3v) is 3.99. The Bertz CT molecular complexity index is 370. The first kappa shape index (κ1) is 12.6. The fourth-order valence-electron chi connectivity index (χ4n) is 3.00. The van der Waals surface area contributed by atoms with Crippen molar-refractivity contribution in [1.82, 2.24) is 0 Å². The van der Waals surface area contributed by atoms with Gasteiger partial charge in [-0.25, -0.2) is 0 Å². The van der Waals surface area contributed by atoms with E-state index < -0.39 is 0 Å². The molecule has 94 valence electrons. The van der Waals surface area contributed by atoms with Crippen LogP contribution in [-0.4, -0.2) is 0 Å². The predicted octanol–water partition coefficient (Wildman–Crippen LogP) is 4.00. The third kappa shape index (κ3) is 3.10. The highest BCUT2D eigenvalue weighted by atomic mass is 14.6. The lowest BCUT2D eigenvalue weighted by Gasteiger charge is -2.18. The maximum Gasteiger partial charge on any atom is 0.0297 e. The van der Waals surface area contributed by atoms with Gasteiger partial charge < -0.3 is 5.73 Å². The fraction of sp³-hybridized carbons (Fsp3) is 0.625. The van der Waals surface area contributed by atoms with Crippen LogP contribution in [0, 0.1) is 5.92 Å². The lowest BCUT2D eigenvalue weighted by molar-refractivity contribution is 0.440. The molecule has 0 bridgehead atoms. The molecule has 0 amide bonds. The lowest BCUT2D eigenvalue weighted by atomic mass is 9.92. The van der Waals surface area contributed by atoms with Crippen molar-refractivity contribution in [3.63, 3.8) is 0 Å². The van der Waals surface area contributed by atoms with Gasteiger partial charge in [-0.2, -0.15) is 0 Å². The summed E-state index contributed by atoms with van der Waals surface area (Å²) in [5.74, 6) is 0.739. The average molecular weight is 231 g/mol. The van der Waals surface area contributed by atoms with Crippen molar-refractivity contribution in [3.05, 3.63) is 34.9 Å². The Kier molecular flexibility index (Phi) is 4.22. The summed E-state index contributed by atoms with van der Waals surface area (Å²) in [5, 5.41) is 0. The number of fused-ring (bicyclic) bond motifs is 1. The minimum Gasteiger partial charge on any atom is -0.324 e. The second kappa shape index (κ2) is 5.68. The normalized spacial score (nSPS) is 17.8. The molecule has 1 aromatic rings. The number of benzene rings is 1. The van der Waals surface area contributed by atoms with Gasteiger partial charge in [0.25, 0.3) is 0 Å². The molecule has 2 rings (SSSR count). The summed E-state index contributed by atoms with van der Waals surface area (Å²) in [7, 11) is 0. The van der Waals surface area contributed by atoms with Crippen molar-refractivity contribution < 1.29 is 0 Å². The van der Waals surface area contributed by atoms with Crippen LogP contribution in [0.2, 0.25) is 0 Å². The van der Waals surface area contributed by atoms with E-state index in [9.17, 15) is 0 Å². The van der Waals surface area contributed by atoms with Gasteiger partial charge in [-0.05, 0) is 48.3 Å². The van der Waals surface area contributed by atoms with Crippen LogP contribution in [0.4, 0.5) is 0 Å². The molecule has 1 heteroatoms. The predicted molar refractivity (Wildman–Crippen MR) is 74.1 cm³/mol. The average Bonchev–Trinajstić information content (AvgIpc) is 2.75. The van der Waals surface area contributed by atoms with E-state index in [0.717, 1.165) is 12.3 Å². The zero-order chi connectivity index (χ0) is 12.3. The molecular formula is C16H25N. The molecule has 0 heterocycles. The molecule has 0 saturated heterocycles. The van der Waals surface area contributed by atoms with Gasteiger partial charge in [0.1, 0.15) is 0 Å². The second-order valence-electron chi connectivity index (χ2n) is 5.62. The summed E-state index contributed by atoms with van der Waals surface area (Å²) in [6.07, 6.45) is 7.50. The molecule has 17 heavy (non-hydrogen) atoms. The summed E-state index contributed by atoms with van der Waals surface area (Å²) in [6, 6.07) is 7.11. The maximum absolute atomic E-state index is 6.32. The van der Waals surface area contributed by atoms with E-state index >= 15 is 0 Å². The third-order valence-electron chi connectivity index (χ3n) is 3.99. The zero-order valence-electron chi connectivity index (χ0n) is 11.2. The zero-order valence-corrected chi connectivity index (χ0v) is 11.2. The van der Waals surface area contributed by atoms with Gasteiger partial charge in [-0.3, -0.25) is 0 Å². The molecule has 0 aromatic heterocycles. The van der Waals surface area contributed by atoms with E-state index in [2.05, 4.69) is 32.0 Å². The van der Waals surface area contributed by atoms with Crippen LogP contribution < -0.4 is 5.73 Å². The Labute approximate surface area is 105 Å². The minimum absolute atomic E-state index is 0.224. The molecule has 0 aliphatic heterocycles. The van der Waals surface area contributed by atoms with Gasteiger partial charge in [0.2, 0.25) is 0 Å². The molecule has 0 fully saturated rings. The van der Waals surface area contributed by atoms with Crippen LogP contribution in [0.15, 0.2) is 18.2 Å². The topological polar surface area (TPSA) is 26.0 Å². The summed E-state index contributed by atoms with van der Waals surface area (Å²) < 4.78 is 0. The van der Waals surface area contributed by atoms with E-state index in [1.807, 2.05) is 0 Å². The Balaban J connectivity index is 2.01. The fourth-order valence-corrected chi connectivity index (χ4v) is 3.00. The Morgan fingerprint density at radius 2 is 2.00 bits per heavy atom. The van der Waals surface area contributed by atoms with Gasteiger partial charge >= 0.3 is 0 Å². The summed E-state index contributed by atoms with van der Waals surface area (Å²) in [6.45, 7) is 4.56. The Morgan fingerprint density at radius 1 is 1.24 bits per heavy atom. The molecule has 1 aliphatic rings. The molecule has 2 unspecified atom stereocenters. The van der Waals surface area contributed by atoms with Gasteiger partial charge in [0, 0.05) is 6.04 Å². The number of hydrogen-bond donors (Lipinski definition) is 1. The highest BCUT2D eigenvalue weighted by Gasteiger charge is 2.15. The Hall–Kier alpha value is -0.820. The monoisotopic (exact) mass is 231 g/mol. The highest BCUT2D eigenvalue weighted by Crippen LogP contribution is 2.27. The van der Waals surface area contributed by atoms with Gasteiger partial charge in [-0.1, -0.05) is 44.9 Å². The van der Waals surface area contributed by atoms with Crippen LogP contribution in [0.5, 0.6) is 0 Å². The first-order chi connectivity index (χ1) is 8.20. The van der Waals surface area contributed by atoms with Crippen LogP contribution in [0.3, 0.4) is 0 Å². The van der Waals surface area contributed by atoms with E-state index in [1.54, 1.807) is 11.1 Å². The quantitative estimate of drug-likeness (QED) is 0.814. The SMILES string of the molecule is CCCC(C)CC(N)c1ccc2c(c1)CCC2. The molecule has 1 nitrogen and oxygen atoms in total. The minimum atomic E-state index is 0.224. The molecule has 0 radical (unpaired) electrons. The molecule has 0 saturated carbocycles. The number of rotatable bonds is 5. The lowest BCUT2D eigenvalue weighted by Crippen LogP contribution is -2.14. The van der Waals surface area contributed by atoms with Crippen molar-refractivity contribution in [1.29, 1.82) is 0 Å². The molecule has 2 N–H and O–H groups in total. The smallest absolute Gasteiger partial charge is 0.0297 e. The number of aryl methyl sites for hydroxylation is 2.